The van der Waals surface area contributed by atoms with Crippen molar-refractivity contribution in [3.8, 4) is 0 Å². The molecule has 1 rings (SSSR count). The van der Waals surface area contributed by atoms with E-state index in [0.29, 0.717) is 0 Å². The Morgan fingerprint density at radius 1 is 1.50 bits per heavy atom. The van der Waals surface area contributed by atoms with Crippen LogP contribution < -0.4 is 0 Å². The predicted molar refractivity (Wildman–Crippen MR) is 39.3 cm³/mol. The molecule has 0 aromatic carbocycles. The van der Waals surface area contributed by atoms with E-state index >= 15 is 0 Å². The summed E-state index contributed by atoms with van der Waals surface area (Å²) >= 11 is 0. The van der Waals surface area contributed by atoms with E-state index in [-0.39, 0.29) is 31.2 Å². The van der Waals surface area contributed by atoms with Crippen molar-refractivity contribution in [2.24, 2.45) is 0 Å². The van der Waals surface area contributed by atoms with Gasteiger partial charge in [-0.15, -0.1) is 0 Å². The number of likely N-dealkylation sites (tertiary alicyclic amines) is 1. The average molecular weight is 173 g/mol. The Morgan fingerprint density at radius 3 is 2.58 bits per heavy atom. The number of Topliss-reactive ketones (excluding diaryl/α,β-unsaturated/α-hetero) is 1. The number of carbonyl (C=O) groups is 2. The van der Waals surface area contributed by atoms with Gasteiger partial charge in [-0.05, 0) is 0 Å². The van der Waals surface area contributed by atoms with Crippen molar-refractivity contribution in [1.29, 1.82) is 0 Å². The lowest BCUT2D eigenvalue weighted by molar-refractivity contribution is -0.129. The molecule has 1 saturated heterocycles. The predicted octanol–water partition coefficient (Wildman–Crippen LogP) is -1.86. The maximum atomic E-state index is 10.9. The van der Waals surface area contributed by atoms with Crippen LogP contribution >= 0.6 is 0 Å². The van der Waals surface area contributed by atoms with E-state index in [1.165, 1.54) is 4.90 Å². The minimum absolute atomic E-state index is 0.0427. The van der Waals surface area contributed by atoms with Crippen LogP contribution in [0.2, 0.25) is 0 Å². The minimum atomic E-state index is -0.945. The summed E-state index contributed by atoms with van der Waals surface area (Å²) in [5, 5.41) is 17.4. The molecule has 5 nitrogen and oxygen atoms in total. The highest BCUT2D eigenvalue weighted by molar-refractivity contribution is 6.05. The maximum Gasteiger partial charge on any atom is 0.230 e. The van der Waals surface area contributed by atoms with Gasteiger partial charge in [-0.1, -0.05) is 0 Å². The fourth-order valence-electron chi connectivity index (χ4n) is 1.12. The molecule has 2 N–H and O–H groups in total. The van der Waals surface area contributed by atoms with Crippen molar-refractivity contribution in [3.63, 3.8) is 0 Å². The Balaban J connectivity index is 2.43. The number of amides is 1. The van der Waals surface area contributed by atoms with Gasteiger partial charge in [0.15, 0.2) is 5.78 Å². The Labute approximate surface area is 69.6 Å². The molecular weight excluding hydrogens is 162 g/mol. The number of aliphatic hydroxyl groups is 2. The van der Waals surface area contributed by atoms with E-state index in [1.54, 1.807) is 0 Å². The van der Waals surface area contributed by atoms with Crippen LogP contribution in [0.5, 0.6) is 0 Å². The van der Waals surface area contributed by atoms with Crippen LogP contribution in [0.15, 0.2) is 0 Å². The Kier molecular flexibility index (Phi) is 2.78. The van der Waals surface area contributed by atoms with Gasteiger partial charge in [-0.25, -0.2) is 0 Å². The fourth-order valence-corrected chi connectivity index (χ4v) is 1.12. The lowest BCUT2D eigenvalue weighted by atomic mass is 10.3. The Bertz CT molecular complexity index is 204. The smallest absolute Gasteiger partial charge is 0.230 e. The van der Waals surface area contributed by atoms with Gasteiger partial charge in [0.25, 0.3) is 0 Å². The van der Waals surface area contributed by atoms with Gasteiger partial charge >= 0.3 is 0 Å². The third-order valence-corrected chi connectivity index (χ3v) is 1.71. The van der Waals surface area contributed by atoms with E-state index in [4.69, 9.17) is 10.2 Å². The second kappa shape index (κ2) is 3.64. The Morgan fingerprint density at radius 2 is 2.17 bits per heavy atom. The lowest BCUT2D eigenvalue weighted by Gasteiger charge is -2.17. The molecule has 68 valence electrons. The SMILES string of the molecule is O=C1CC(=O)N(C[C@@H](O)CO)C1. The quantitative estimate of drug-likeness (QED) is 0.491. The largest absolute Gasteiger partial charge is 0.394 e. The third kappa shape index (κ3) is 2.02. The van der Waals surface area contributed by atoms with Crippen LogP contribution in [-0.2, 0) is 9.59 Å². The number of hydrogen-bond acceptors (Lipinski definition) is 4. The van der Waals surface area contributed by atoms with E-state index in [2.05, 4.69) is 0 Å². The zero-order chi connectivity index (χ0) is 9.14. The van der Waals surface area contributed by atoms with Crippen LogP contribution in [0.25, 0.3) is 0 Å². The molecule has 1 amide bonds. The van der Waals surface area contributed by atoms with Crippen molar-refractivity contribution in [3.05, 3.63) is 0 Å². The number of rotatable bonds is 3. The van der Waals surface area contributed by atoms with Crippen molar-refractivity contribution in [1.82, 2.24) is 4.90 Å². The molecule has 5 heteroatoms. The maximum absolute atomic E-state index is 10.9. The molecule has 0 spiro atoms. The highest BCUT2D eigenvalue weighted by atomic mass is 16.3. The number of ketones is 1. The van der Waals surface area contributed by atoms with Gasteiger partial charge in [0.1, 0.15) is 0 Å². The molecule has 0 aliphatic carbocycles. The third-order valence-electron chi connectivity index (χ3n) is 1.71. The van der Waals surface area contributed by atoms with Crippen molar-refractivity contribution in [2.45, 2.75) is 12.5 Å². The topological polar surface area (TPSA) is 77.8 Å². The van der Waals surface area contributed by atoms with Crippen LogP contribution in [0.3, 0.4) is 0 Å². The second-order valence-electron chi connectivity index (χ2n) is 2.83. The summed E-state index contributed by atoms with van der Waals surface area (Å²) in [6.07, 6.45) is -1.02. The van der Waals surface area contributed by atoms with E-state index in [0.717, 1.165) is 0 Å². The molecule has 0 unspecified atom stereocenters. The monoisotopic (exact) mass is 173 g/mol. The number of β-amino-alcohol motifs (C(OH)–C–C–N with tert-alkyl or cyclic N) is 1. The van der Waals surface area contributed by atoms with E-state index in [1.807, 2.05) is 0 Å². The highest BCUT2D eigenvalue weighted by Crippen LogP contribution is 2.06. The van der Waals surface area contributed by atoms with Crippen molar-refractivity contribution < 1.29 is 19.8 Å². The average Bonchev–Trinajstić information content (AvgIpc) is 2.30. The summed E-state index contributed by atoms with van der Waals surface area (Å²) < 4.78 is 0. The van der Waals surface area contributed by atoms with Crippen LogP contribution in [0.1, 0.15) is 6.42 Å². The zero-order valence-electron chi connectivity index (χ0n) is 6.56. The first-order valence-corrected chi connectivity index (χ1v) is 3.72. The summed E-state index contributed by atoms with van der Waals surface area (Å²) in [7, 11) is 0. The first kappa shape index (κ1) is 9.15. The Hall–Kier alpha value is -0.940. The van der Waals surface area contributed by atoms with E-state index in [9.17, 15) is 9.59 Å². The summed E-state index contributed by atoms with van der Waals surface area (Å²) in [6, 6.07) is 0. The molecule has 0 aromatic heterocycles. The molecule has 0 saturated carbocycles. The standard InChI is InChI=1S/C7H11NO4/c9-4-6(11)3-8-2-5(10)1-7(8)12/h6,9,11H,1-4H2/t6-/m1/s1. The molecule has 12 heavy (non-hydrogen) atoms. The molecule has 1 atom stereocenters. The van der Waals surface area contributed by atoms with Crippen LogP contribution in [0.4, 0.5) is 0 Å². The normalized spacial score (nSPS) is 20.3. The molecule has 1 heterocycles. The lowest BCUT2D eigenvalue weighted by Crippen LogP contribution is -2.35. The van der Waals surface area contributed by atoms with Gasteiger partial charge in [0.2, 0.25) is 5.91 Å². The van der Waals surface area contributed by atoms with Gasteiger partial charge in [-0.3, -0.25) is 9.59 Å². The van der Waals surface area contributed by atoms with Gasteiger partial charge in [0, 0.05) is 6.54 Å². The first-order chi connectivity index (χ1) is 5.63. The highest BCUT2D eigenvalue weighted by Gasteiger charge is 2.28. The number of aliphatic hydroxyl groups excluding tert-OH is 2. The number of carbonyl (C=O) groups excluding carboxylic acids is 2. The zero-order valence-corrected chi connectivity index (χ0v) is 6.56. The summed E-state index contributed by atoms with van der Waals surface area (Å²) in [4.78, 5) is 22.9. The van der Waals surface area contributed by atoms with Crippen molar-refractivity contribution >= 4 is 11.7 Å². The molecule has 0 radical (unpaired) electrons. The van der Waals surface area contributed by atoms with Crippen LogP contribution in [-0.4, -0.2) is 52.6 Å². The van der Waals surface area contributed by atoms with Gasteiger partial charge < -0.3 is 15.1 Å². The molecule has 0 aromatic rings. The molecule has 1 aliphatic heterocycles. The first-order valence-electron chi connectivity index (χ1n) is 3.72. The van der Waals surface area contributed by atoms with Crippen LogP contribution in [0, 0.1) is 0 Å². The molecule has 0 bridgehead atoms. The molecule has 1 aliphatic rings. The van der Waals surface area contributed by atoms with Gasteiger partial charge in [0.05, 0.1) is 25.7 Å². The minimum Gasteiger partial charge on any atom is -0.394 e. The molecule has 1 fully saturated rings. The second-order valence-corrected chi connectivity index (χ2v) is 2.83. The fraction of sp³-hybridized carbons (Fsp3) is 0.714. The summed E-state index contributed by atoms with van der Waals surface area (Å²) in [6.45, 7) is -0.283. The number of hydrogen-bond donors (Lipinski definition) is 2. The summed E-state index contributed by atoms with van der Waals surface area (Å²) in [5.74, 6) is -0.405. The van der Waals surface area contributed by atoms with Gasteiger partial charge in [-0.2, -0.15) is 0 Å². The summed E-state index contributed by atoms with van der Waals surface area (Å²) in [5.41, 5.74) is 0. The van der Waals surface area contributed by atoms with Crippen molar-refractivity contribution in [2.75, 3.05) is 19.7 Å². The van der Waals surface area contributed by atoms with E-state index < -0.39 is 12.7 Å². The number of nitrogens with zero attached hydrogens (tertiary/aromatic N) is 1. The molecular formula is C7H11NO4.